The zero-order valence-electron chi connectivity index (χ0n) is 15.3. The van der Waals surface area contributed by atoms with E-state index in [2.05, 4.69) is 15.3 Å². The van der Waals surface area contributed by atoms with Crippen molar-refractivity contribution >= 4 is 23.2 Å². The molecule has 28 heavy (non-hydrogen) atoms. The molecule has 8 heteroatoms. The third kappa shape index (κ3) is 4.50. The summed E-state index contributed by atoms with van der Waals surface area (Å²) in [5.41, 5.74) is 1.08. The number of nitrogens with one attached hydrogen (secondary N) is 2. The van der Waals surface area contributed by atoms with Crippen LogP contribution in [0.1, 0.15) is 5.56 Å². The second kappa shape index (κ2) is 8.58. The molecule has 0 aliphatic carbocycles. The minimum atomic E-state index is -0.378. The Kier molecular flexibility index (Phi) is 5.96. The maximum absolute atomic E-state index is 12.4. The van der Waals surface area contributed by atoms with Crippen molar-refractivity contribution in [2.24, 2.45) is 0 Å². The number of anilines is 1. The van der Waals surface area contributed by atoms with Gasteiger partial charge in [-0.25, -0.2) is 4.98 Å². The summed E-state index contributed by atoms with van der Waals surface area (Å²) in [6, 6.07) is 12.0. The number of amides is 1. The van der Waals surface area contributed by atoms with E-state index in [4.69, 9.17) is 21.1 Å². The normalized spacial score (nSPS) is 10.4. The number of aromatic amines is 1. The Morgan fingerprint density at radius 3 is 2.54 bits per heavy atom. The first-order valence-corrected chi connectivity index (χ1v) is 8.74. The number of hydrogen-bond donors (Lipinski definition) is 2. The molecule has 0 saturated heterocycles. The minimum absolute atomic E-state index is 0.127. The SMILES string of the molecule is COc1ccc(NC(=O)Cc2cnc(-c3ccc(Cl)cc3)[nH]c2=O)c(OC)c1. The Morgan fingerprint density at radius 1 is 1.14 bits per heavy atom. The number of aromatic nitrogens is 2. The van der Waals surface area contributed by atoms with Crippen LogP contribution in [0, 0.1) is 0 Å². The van der Waals surface area contributed by atoms with Crippen molar-refractivity contribution in [2.45, 2.75) is 6.42 Å². The highest BCUT2D eigenvalue weighted by Gasteiger charge is 2.13. The summed E-state index contributed by atoms with van der Waals surface area (Å²) >= 11 is 5.87. The molecule has 0 unspecified atom stereocenters. The average Bonchev–Trinajstić information content (AvgIpc) is 2.70. The van der Waals surface area contributed by atoms with Gasteiger partial charge in [-0.05, 0) is 36.4 Å². The molecule has 3 rings (SSSR count). The van der Waals surface area contributed by atoms with Gasteiger partial charge in [0.1, 0.15) is 17.3 Å². The van der Waals surface area contributed by atoms with Gasteiger partial charge in [0.2, 0.25) is 5.91 Å². The molecular weight excluding hydrogens is 382 g/mol. The zero-order valence-corrected chi connectivity index (χ0v) is 16.0. The summed E-state index contributed by atoms with van der Waals surface area (Å²) in [4.78, 5) is 31.6. The van der Waals surface area contributed by atoms with E-state index in [1.807, 2.05) is 0 Å². The Bertz CT molecular complexity index is 1050. The van der Waals surface area contributed by atoms with Crippen molar-refractivity contribution in [1.82, 2.24) is 9.97 Å². The maximum atomic E-state index is 12.4. The van der Waals surface area contributed by atoms with Crippen LogP contribution in [0.4, 0.5) is 5.69 Å². The second-order valence-electron chi connectivity index (χ2n) is 5.88. The fraction of sp³-hybridized carbons (Fsp3) is 0.150. The van der Waals surface area contributed by atoms with E-state index >= 15 is 0 Å². The summed E-state index contributed by atoms with van der Waals surface area (Å²) in [7, 11) is 3.04. The topological polar surface area (TPSA) is 93.3 Å². The van der Waals surface area contributed by atoms with Crippen LogP contribution in [0.15, 0.2) is 53.5 Å². The van der Waals surface area contributed by atoms with Gasteiger partial charge in [0.05, 0.1) is 26.3 Å². The minimum Gasteiger partial charge on any atom is -0.497 e. The molecule has 0 aliphatic rings. The Morgan fingerprint density at radius 2 is 1.89 bits per heavy atom. The number of benzene rings is 2. The number of carbonyl (C=O) groups excluding carboxylic acids is 1. The van der Waals surface area contributed by atoms with E-state index in [0.717, 1.165) is 5.56 Å². The van der Waals surface area contributed by atoms with Gasteiger partial charge in [0.15, 0.2) is 0 Å². The maximum Gasteiger partial charge on any atom is 0.254 e. The van der Waals surface area contributed by atoms with Gasteiger partial charge in [0, 0.05) is 28.4 Å². The second-order valence-corrected chi connectivity index (χ2v) is 6.32. The van der Waals surface area contributed by atoms with Gasteiger partial charge < -0.3 is 19.8 Å². The fourth-order valence-electron chi connectivity index (χ4n) is 2.57. The average molecular weight is 400 g/mol. The zero-order chi connectivity index (χ0) is 20.1. The third-order valence-electron chi connectivity index (χ3n) is 4.02. The number of rotatable bonds is 6. The third-order valence-corrected chi connectivity index (χ3v) is 4.28. The summed E-state index contributed by atoms with van der Waals surface area (Å²) in [6.45, 7) is 0. The lowest BCUT2D eigenvalue weighted by Crippen LogP contribution is -2.22. The molecule has 0 aliphatic heterocycles. The van der Waals surface area contributed by atoms with Crippen LogP contribution in [0.2, 0.25) is 5.02 Å². The number of nitrogens with zero attached hydrogens (tertiary/aromatic N) is 1. The Labute approximate surface area is 166 Å². The molecule has 7 nitrogen and oxygen atoms in total. The molecule has 1 heterocycles. The van der Waals surface area contributed by atoms with E-state index in [1.54, 1.807) is 49.6 Å². The highest BCUT2D eigenvalue weighted by Crippen LogP contribution is 2.29. The number of H-pyrrole nitrogens is 1. The van der Waals surface area contributed by atoms with Crippen LogP contribution in [-0.2, 0) is 11.2 Å². The van der Waals surface area contributed by atoms with Gasteiger partial charge in [-0.2, -0.15) is 0 Å². The van der Waals surface area contributed by atoms with Crippen molar-refractivity contribution in [3.8, 4) is 22.9 Å². The predicted molar refractivity (Wildman–Crippen MR) is 107 cm³/mol. The quantitative estimate of drug-likeness (QED) is 0.663. The van der Waals surface area contributed by atoms with Gasteiger partial charge in [-0.3, -0.25) is 9.59 Å². The summed E-state index contributed by atoms with van der Waals surface area (Å²) in [6.07, 6.45) is 1.27. The van der Waals surface area contributed by atoms with Crippen molar-refractivity contribution in [2.75, 3.05) is 19.5 Å². The lowest BCUT2D eigenvalue weighted by atomic mass is 10.2. The fourth-order valence-corrected chi connectivity index (χ4v) is 2.70. The van der Waals surface area contributed by atoms with E-state index in [1.165, 1.54) is 13.3 Å². The molecule has 0 fully saturated rings. The lowest BCUT2D eigenvalue weighted by Gasteiger charge is -2.11. The largest absolute Gasteiger partial charge is 0.497 e. The van der Waals surface area contributed by atoms with Crippen LogP contribution in [0.3, 0.4) is 0 Å². The van der Waals surface area contributed by atoms with Crippen LogP contribution in [0.5, 0.6) is 11.5 Å². The van der Waals surface area contributed by atoms with Crippen LogP contribution >= 0.6 is 11.6 Å². The molecule has 1 aromatic heterocycles. The van der Waals surface area contributed by atoms with Gasteiger partial charge in [0.25, 0.3) is 5.56 Å². The number of methoxy groups -OCH3 is 2. The predicted octanol–water partition coefficient (Wildman–Crippen LogP) is 3.29. The first-order valence-electron chi connectivity index (χ1n) is 8.36. The lowest BCUT2D eigenvalue weighted by molar-refractivity contribution is -0.115. The van der Waals surface area contributed by atoms with Gasteiger partial charge in [-0.15, -0.1) is 0 Å². The molecule has 1 amide bonds. The molecular formula is C20H18ClN3O4. The number of carbonyl (C=O) groups is 1. The van der Waals surface area contributed by atoms with Crippen LogP contribution < -0.4 is 20.3 Å². The molecule has 0 saturated carbocycles. The molecule has 2 N–H and O–H groups in total. The van der Waals surface area contributed by atoms with Crippen molar-refractivity contribution in [3.63, 3.8) is 0 Å². The standard InChI is InChI=1S/C20H18ClN3O4/c1-27-15-7-8-16(17(10-15)28-2)23-18(25)9-13-11-22-19(24-20(13)26)12-3-5-14(21)6-4-12/h3-8,10-11H,9H2,1-2H3,(H,23,25)(H,22,24,26). The Hall–Kier alpha value is -3.32. The number of hydrogen-bond acceptors (Lipinski definition) is 5. The summed E-state index contributed by atoms with van der Waals surface area (Å²) in [5.74, 6) is 1.10. The van der Waals surface area contributed by atoms with Gasteiger partial charge >= 0.3 is 0 Å². The number of halogens is 1. The first-order chi connectivity index (χ1) is 13.5. The van der Waals surface area contributed by atoms with Crippen molar-refractivity contribution in [1.29, 1.82) is 0 Å². The molecule has 0 bridgehead atoms. The van der Waals surface area contributed by atoms with E-state index in [0.29, 0.717) is 28.0 Å². The smallest absolute Gasteiger partial charge is 0.254 e. The van der Waals surface area contributed by atoms with Crippen molar-refractivity contribution < 1.29 is 14.3 Å². The van der Waals surface area contributed by atoms with Crippen molar-refractivity contribution in [3.05, 3.63) is 69.6 Å². The first kappa shape index (κ1) is 19.4. The van der Waals surface area contributed by atoms with E-state index < -0.39 is 0 Å². The van der Waals surface area contributed by atoms with Gasteiger partial charge in [-0.1, -0.05) is 11.6 Å². The molecule has 2 aromatic carbocycles. The highest BCUT2D eigenvalue weighted by molar-refractivity contribution is 6.30. The summed E-state index contributed by atoms with van der Waals surface area (Å²) < 4.78 is 10.4. The highest BCUT2D eigenvalue weighted by atomic mass is 35.5. The number of ether oxygens (including phenoxy) is 2. The van der Waals surface area contributed by atoms with E-state index in [9.17, 15) is 9.59 Å². The molecule has 0 spiro atoms. The molecule has 3 aromatic rings. The van der Waals surface area contributed by atoms with E-state index in [-0.39, 0.29) is 23.5 Å². The molecule has 0 radical (unpaired) electrons. The monoisotopic (exact) mass is 399 g/mol. The van der Waals surface area contributed by atoms with Crippen LogP contribution in [0.25, 0.3) is 11.4 Å². The Balaban J connectivity index is 1.74. The summed E-state index contributed by atoms with van der Waals surface area (Å²) in [5, 5.41) is 3.32. The van der Waals surface area contributed by atoms with Crippen LogP contribution in [-0.4, -0.2) is 30.1 Å². The molecule has 144 valence electrons. The molecule has 0 atom stereocenters.